The number of carbonyl (C=O) groups excluding carboxylic acids is 2. The number of likely N-dealkylation sites (tertiary alicyclic amines) is 1. The lowest BCUT2D eigenvalue weighted by atomic mass is 9.97. The first-order valence-corrected chi connectivity index (χ1v) is 15.2. The van der Waals surface area contributed by atoms with Gasteiger partial charge in [0.05, 0.1) is 30.1 Å². The Balaban J connectivity index is 1.25. The molecule has 1 aromatic carbocycles. The number of ether oxygens (including phenoxy) is 1. The third-order valence-corrected chi connectivity index (χ3v) is 10.3. The topological polar surface area (TPSA) is 123 Å². The van der Waals surface area contributed by atoms with E-state index in [0.717, 1.165) is 18.4 Å². The Labute approximate surface area is 229 Å². The predicted molar refractivity (Wildman–Crippen MR) is 140 cm³/mol. The highest BCUT2D eigenvalue weighted by molar-refractivity contribution is 7.86. The summed E-state index contributed by atoms with van der Waals surface area (Å²) in [5.74, 6) is -1.15. The molecule has 4 saturated heterocycles. The van der Waals surface area contributed by atoms with Crippen molar-refractivity contribution in [2.24, 2.45) is 11.8 Å². The van der Waals surface area contributed by atoms with E-state index in [1.165, 1.54) is 8.61 Å². The standard InChI is InChI=1S/C26H34ClN5O5S/c27-21-9-7-19(8-10-21)24(23-6-3-13-37-23)29-25(33)22-5-2-12-32(22)26(34)20-4-1-11-30(17-20)38(35,36)31-15-18(14-28)16-31/h7-10,18,20,22-24H,1-6,11-13,15-17H2,(H,29,33)/t20-,22+,23+,24-/m0/s1. The minimum atomic E-state index is -3.71. The molecule has 0 saturated carbocycles. The normalized spacial score (nSPS) is 28.0. The summed E-state index contributed by atoms with van der Waals surface area (Å²) >= 11 is 6.07. The van der Waals surface area contributed by atoms with Crippen LogP contribution in [-0.2, 0) is 24.5 Å². The van der Waals surface area contributed by atoms with Gasteiger partial charge < -0.3 is 15.0 Å². The van der Waals surface area contributed by atoms with E-state index in [1.54, 1.807) is 17.0 Å². The van der Waals surface area contributed by atoms with Crippen molar-refractivity contribution in [2.75, 3.05) is 39.3 Å². The Morgan fingerprint density at radius 3 is 2.45 bits per heavy atom. The fourth-order valence-corrected chi connectivity index (χ4v) is 7.86. The van der Waals surface area contributed by atoms with Gasteiger partial charge in [0.2, 0.25) is 11.8 Å². The maximum Gasteiger partial charge on any atom is 0.282 e. The van der Waals surface area contributed by atoms with Crippen molar-refractivity contribution in [1.82, 2.24) is 18.8 Å². The zero-order valence-electron chi connectivity index (χ0n) is 21.3. The van der Waals surface area contributed by atoms with Crippen LogP contribution in [0.3, 0.4) is 0 Å². The van der Waals surface area contributed by atoms with Crippen molar-refractivity contribution >= 4 is 33.6 Å². The van der Waals surface area contributed by atoms with E-state index in [4.69, 9.17) is 21.6 Å². The molecule has 0 unspecified atom stereocenters. The average Bonchev–Trinajstić information content (AvgIpc) is 3.59. The number of halogens is 1. The Morgan fingerprint density at radius 2 is 1.76 bits per heavy atom. The molecule has 38 heavy (non-hydrogen) atoms. The summed E-state index contributed by atoms with van der Waals surface area (Å²) in [7, 11) is -3.71. The zero-order valence-corrected chi connectivity index (χ0v) is 22.9. The highest BCUT2D eigenvalue weighted by atomic mass is 35.5. The zero-order chi connectivity index (χ0) is 26.9. The Kier molecular flexibility index (Phi) is 8.26. The lowest BCUT2D eigenvalue weighted by Gasteiger charge is -2.41. The summed E-state index contributed by atoms with van der Waals surface area (Å²) in [6, 6.07) is 8.51. The third kappa shape index (κ3) is 5.56. The van der Waals surface area contributed by atoms with Crippen LogP contribution < -0.4 is 5.32 Å². The van der Waals surface area contributed by atoms with Crippen LogP contribution in [0, 0.1) is 23.2 Å². The van der Waals surface area contributed by atoms with E-state index in [9.17, 15) is 18.0 Å². The molecule has 4 aliphatic heterocycles. The molecule has 1 N–H and O–H groups in total. The Hall–Kier alpha value is -2.23. The van der Waals surface area contributed by atoms with E-state index in [-0.39, 0.29) is 49.5 Å². The van der Waals surface area contributed by atoms with Gasteiger partial charge in [-0.3, -0.25) is 9.59 Å². The minimum Gasteiger partial charge on any atom is -0.376 e. The second-order valence-corrected chi connectivity index (χ2v) is 13.0. The molecule has 0 bridgehead atoms. The number of nitrogens with one attached hydrogen (secondary N) is 1. The van der Waals surface area contributed by atoms with Crippen LogP contribution in [0.2, 0.25) is 5.02 Å². The number of carbonyl (C=O) groups is 2. The molecule has 4 aliphatic rings. The van der Waals surface area contributed by atoms with Crippen molar-refractivity contribution in [3.05, 3.63) is 34.9 Å². The molecule has 206 valence electrons. The van der Waals surface area contributed by atoms with Gasteiger partial charge >= 0.3 is 0 Å². The van der Waals surface area contributed by atoms with Crippen LogP contribution in [0.25, 0.3) is 0 Å². The number of nitrogens with zero attached hydrogens (tertiary/aromatic N) is 4. The first kappa shape index (κ1) is 27.3. The molecule has 4 fully saturated rings. The van der Waals surface area contributed by atoms with Crippen molar-refractivity contribution in [2.45, 2.75) is 56.7 Å². The van der Waals surface area contributed by atoms with Gasteiger partial charge in [-0.25, -0.2) is 0 Å². The van der Waals surface area contributed by atoms with Crippen molar-refractivity contribution in [3.63, 3.8) is 0 Å². The first-order chi connectivity index (χ1) is 18.3. The van der Waals surface area contributed by atoms with E-state index in [1.807, 2.05) is 12.1 Å². The molecular formula is C26H34ClN5O5S. The maximum absolute atomic E-state index is 13.6. The molecule has 12 heteroatoms. The smallest absolute Gasteiger partial charge is 0.282 e. The van der Waals surface area contributed by atoms with Gasteiger partial charge in [-0.1, -0.05) is 23.7 Å². The molecule has 10 nitrogen and oxygen atoms in total. The summed E-state index contributed by atoms with van der Waals surface area (Å²) < 4.78 is 34.6. The second kappa shape index (κ2) is 11.5. The van der Waals surface area contributed by atoms with Crippen LogP contribution in [-0.4, -0.2) is 85.2 Å². The fourth-order valence-electron chi connectivity index (χ4n) is 5.94. The summed E-state index contributed by atoms with van der Waals surface area (Å²) in [5.41, 5.74) is 0.906. The number of rotatable bonds is 7. The first-order valence-electron chi connectivity index (χ1n) is 13.4. The number of hydrogen-bond acceptors (Lipinski definition) is 6. The van der Waals surface area contributed by atoms with Gasteiger partial charge in [-0.15, -0.1) is 0 Å². The van der Waals surface area contributed by atoms with E-state index in [2.05, 4.69) is 11.4 Å². The number of piperidine rings is 1. The van der Waals surface area contributed by atoms with Gasteiger partial charge in [0.1, 0.15) is 6.04 Å². The lowest BCUT2D eigenvalue weighted by molar-refractivity contribution is -0.143. The fraction of sp³-hybridized carbons (Fsp3) is 0.654. The molecule has 0 spiro atoms. The molecule has 0 aliphatic carbocycles. The average molecular weight is 564 g/mol. The van der Waals surface area contributed by atoms with E-state index < -0.39 is 22.2 Å². The van der Waals surface area contributed by atoms with E-state index >= 15 is 0 Å². The predicted octanol–water partition coefficient (Wildman–Crippen LogP) is 2.08. The lowest BCUT2D eigenvalue weighted by Crippen LogP contribution is -2.57. The molecule has 4 atom stereocenters. The SMILES string of the molecule is N#CC1CN(S(=O)(=O)N2CCC[C@H](C(=O)N3CCC[C@@H]3C(=O)N[C@@H](c3ccc(Cl)cc3)[C@H]3CCCO3)C2)C1. The number of benzene rings is 1. The van der Waals surface area contributed by atoms with Gasteiger partial charge in [-0.2, -0.15) is 22.3 Å². The quantitative estimate of drug-likeness (QED) is 0.542. The molecule has 4 heterocycles. The summed E-state index contributed by atoms with van der Waals surface area (Å²) in [4.78, 5) is 28.8. The van der Waals surface area contributed by atoms with Crippen molar-refractivity contribution in [3.8, 4) is 6.07 Å². The Bertz CT molecular complexity index is 1180. The van der Waals surface area contributed by atoms with Crippen LogP contribution in [0.5, 0.6) is 0 Å². The molecule has 5 rings (SSSR count). The monoisotopic (exact) mass is 563 g/mol. The van der Waals surface area contributed by atoms with Crippen LogP contribution in [0.1, 0.15) is 50.1 Å². The molecule has 2 amide bonds. The molecule has 1 aromatic rings. The summed E-state index contributed by atoms with van der Waals surface area (Å²) in [5, 5.41) is 12.8. The van der Waals surface area contributed by atoms with Gasteiger partial charge in [-0.05, 0) is 56.2 Å². The third-order valence-electron chi connectivity index (χ3n) is 8.12. The van der Waals surface area contributed by atoms with Crippen LogP contribution in [0.15, 0.2) is 24.3 Å². The number of nitriles is 1. The van der Waals surface area contributed by atoms with Crippen molar-refractivity contribution in [1.29, 1.82) is 5.26 Å². The molecule has 0 radical (unpaired) electrons. The summed E-state index contributed by atoms with van der Waals surface area (Å²) in [6.45, 7) is 1.97. The van der Waals surface area contributed by atoms with Gasteiger partial charge in [0.15, 0.2) is 0 Å². The van der Waals surface area contributed by atoms with Gasteiger partial charge in [0.25, 0.3) is 10.2 Å². The molecular weight excluding hydrogens is 530 g/mol. The highest BCUT2D eigenvalue weighted by Crippen LogP contribution is 2.31. The molecule has 0 aromatic heterocycles. The van der Waals surface area contributed by atoms with Crippen LogP contribution in [0.4, 0.5) is 0 Å². The van der Waals surface area contributed by atoms with Crippen molar-refractivity contribution < 1.29 is 22.7 Å². The highest BCUT2D eigenvalue weighted by Gasteiger charge is 2.44. The number of amides is 2. The summed E-state index contributed by atoms with van der Waals surface area (Å²) in [6.07, 6.45) is 4.05. The van der Waals surface area contributed by atoms with Crippen LogP contribution >= 0.6 is 11.6 Å². The Morgan fingerprint density at radius 1 is 1.03 bits per heavy atom. The second-order valence-electron chi connectivity index (χ2n) is 10.6. The maximum atomic E-state index is 13.6. The number of hydrogen-bond donors (Lipinski definition) is 1. The van der Waals surface area contributed by atoms with E-state index in [0.29, 0.717) is 50.4 Å². The van der Waals surface area contributed by atoms with Gasteiger partial charge in [0, 0.05) is 44.4 Å². The minimum absolute atomic E-state index is 0.100. The largest absolute Gasteiger partial charge is 0.376 e.